The van der Waals surface area contributed by atoms with Gasteiger partial charge in [-0.25, -0.2) is 0 Å². The van der Waals surface area contributed by atoms with Gasteiger partial charge in [-0.1, -0.05) is 0 Å². The van der Waals surface area contributed by atoms with Crippen molar-refractivity contribution in [3.8, 4) is 0 Å². The van der Waals surface area contributed by atoms with Crippen LogP contribution in [0, 0.1) is 5.92 Å². The minimum atomic E-state index is -0.892. The Kier molecular flexibility index (Phi) is 2.46. The number of aliphatic hydroxyl groups excluding tert-OH is 1. The van der Waals surface area contributed by atoms with Gasteiger partial charge in [0.1, 0.15) is 0 Å². The third-order valence-corrected chi connectivity index (χ3v) is 2.24. The standard InChI is InChI=1S/C7H13NO3/c8-6-4(7(10)11)2-1-3-5(6)9/h4-6,9H,1-3,8H2,(H,10,11). The van der Waals surface area contributed by atoms with E-state index in [2.05, 4.69) is 0 Å². The molecule has 3 atom stereocenters. The van der Waals surface area contributed by atoms with Crippen LogP contribution in [0.2, 0.25) is 0 Å². The maximum atomic E-state index is 10.5. The predicted molar refractivity (Wildman–Crippen MR) is 39.0 cm³/mol. The van der Waals surface area contributed by atoms with E-state index in [4.69, 9.17) is 10.8 Å². The van der Waals surface area contributed by atoms with E-state index in [1.165, 1.54) is 0 Å². The van der Waals surface area contributed by atoms with Crippen molar-refractivity contribution in [2.75, 3.05) is 0 Å². The normalized spacial score (nSPS) is 38.5. The highest BCUT2D eigenvalue weighted by Crippen LogP contribution is 2.23. The molecular weight excluding hydrogens is 146 g/mol. The molecule has 0 radical (unpaired) electrons. The summed E-state index contributed by atoms with van der Waals surface area (Å²) in [7, 11) is 0. The van der Waals surface area contributed by atoms with Gasteiger partial charge in [0.2, 0.25) is 0 Å². The van der Waals surface area contributed by atoms with Gasteiger partial charge in [0.05, 0.1) is 12.0 Å². The van der Waals surface area contributed by atoms with Crippen molar-refractivity contribution in [3.05, 3.63) is 0 Å². The first-order valence-corrected chi connectivity index (χ1v) is 3.79. The fourth-order valence-electron chi connectivity index (χ4n) is 1.49. The molecule has 64 valence electrons. The maximum absolute atomic E-state index is 10.5. The Morgan fingerprint density at radius 3 is 2.55 bits per heavy atom. The molecule has 1 fully saturated rings. The number of aliphatic hydroxyl groups is 1. The van der Waals surface area contributed by atoms with Crippen LogP contribution in [0.4, 0.5) is 0 Å². The van der Waals surface area contributed by atoms with Crippen LogP contribution < -0.4 is 5.73 Å². The van der Waals surface area contributed by atoms with E-state index < -0.39 is 24.0 Å². The Morgan fingerprint density at radius 1 is 1.45 bits per heavy atom. The van der Waals surface area contributed by atoms with Crippen molar-refractivity contribution in [2.24, 2.45) is 11.7 Å². The summed E-state index contributed by atoms with van der Waals surface area (Å²) in [6.45, 7) is 0. The van der Waals surface area contributed by atoms with Gasteiger partial charge in [0.15, 0.2) is 0 Å². The molecule has 1 saturated carbocycles. The van der Waals surface area contributed by atoms with Crippen LogP contribution >= 0.6 is 0 Å². The molecule has 0 bridgehead atoms. The van der Waals surface area contributed by atoms with E-state index in [-0.39, 0.29) is 0 Å². The molecular formula is C7H13NO3. The minimum absolute atomic E-state index is 0.557. The highest BCUT2D eigenvalue weighted by molar-refractivity contribution is 5.71. The second-order valence-electron chi connectivity index (χ2n) is 3.02. The zero-order valence-electron chi connectivity index (χ0n) is 6.23. The van der Waals surface area contributed by atoms with Crippen LogP contribution in [0.15, 0.2) is 0 Å². The van der Waals surface area contributed by atoms with E-state index in [1.54, 1.807) is 0 Å². The van der Waals surface area contributed by atoms with Crippen LogP contribution in [0.1, 0.15) is 19.3 Å². The lowest BCUT2D eigenvalue weighted by Crippen LogP contribution is -2.47. The van der Waals surface area contributed by atoms with Crippen LogP contribution in [-0.2, 0) is 4.79 Å². The van der Waals surface area contributed by atoms with E-state index in [9.17, 15) is 9.90 Å². The van der Waals surface area contributed by atoms with Crippen molar-refractivity contribution in [2.45, 2.75) is 31.4 Å². The molecule has 3 unspecified atom stereocenters. The molecule has 11 heavy (non-hydrogen) atoms. The monoisotopic (exact) mass is 159 g/mol. The summed E-state index contributed by atoms with van der Waals surface area (Å²) in [6, 6.07) is -0.582. The molecule has 1 aliphatic carbocycles. The Balaban J connectivity index is 2.58. The SMILES string of the molecule is NC1C(O)CCCC1C(=O)O. The van der Waals surface area contributed by atoms with Crippen molar-refractivity contribution in [1.82, 2.24) is 0 Å². The zero-order valence-corrected chi connectivity index (χ0v) is 6.23. The number of carboxylic acids is 1. The topological polar surface area (TPSA) is 83.5 Å². The molecule has 0 saturated heterocycles. The highest BCUT2D eigenvalue weighted by atomic mass is 16.4. The Bertz CT molecular complexity index is 160. The van der Waals surface area contributed by atoms with Crippen molar-refractivity contribution >= 4 is 5.97 Å². The average molecular weight is 159 g/mol. The van der Waals surface area contributed by atoms with Crippen molar-refractivity contribution in [1.29, 1.82) is 0 Å². The quantitative estimate of drug-likeness (QED) is 0.484. The van der Waals surface area contributed by atoms with Gasteiger partial charge < -0.3 is 15.9 Å². The molecule has 1 aliphatic rings. The number of nitrogens with two attached hydrogens (primary N) is 1. The molecule has 0 aromatic rings. The number of hydrogen-bond acceptors (Lipinski definition) is 3. The summed E-state index contributed by atoms with van der Waals surface area (Å²) >= 11 is 0. The number of hydrogen-bond donors (Lipinski definition) is 3. The summed E-state index contributed by atoms with van der Waals surface area (Å²) in [4.78, 5) is 10.5. The smallest absolute Gasteiger partial charge is 0.308 e. The summed E-state index contributed by atoms with van der Waals surface area (Å²) < 4.78 is 0. The van der Waals surface area contributed by atoms with Gasteiger partial charge >= 0.3 is 5.97 Å². The third-order valence-electron chi connectivity index (χ3n) is 2.24. The zero-order chi connectivity index (χ0) is 8.43. The van der Waals surface area contributed by atoms with Crippen molar-refractivity contribution < 1.29 is 15.0 Å². The largest absolute Gasteiger partial charge is 0.481 e. The molecule has 0 aromatic heterocycles. The van der Waals surface area contributed by atoms with Crippen LogP contribution in [-0.4, -0.2) is 28.3 Å². The predicted octanol–water partition coefficient (Wildman–Crippen LogP) is -0.441. The Labute approximate surface area is 65.0 Å². The molecule has 1 rings (SSSR count). The summed E-state index contributed by atoms with van der Waals surface area (Å²) in [5, 5.41) is 17.8. The molecule has 0 aromatic carbocycles. The molecule has 4 N–H and O–H groups in total. The maximum Gasteiger partial charge on any atom is 0.308 e. The van der Waals surface area contributed by atoms with Gasteiger partial charge in [0, 0.05) is 6.04 Å². The molecule has 0 amide bonds. The Hall–Kier alpha value is -0.610. The van der Waals surface area contributed by atoms with E-state index in [0.29, 0.717) is 12.8 Å². The van der Waals surface area contributed by atoms with Crippen LogP contribution in [0.25, 0.3) is 0 Å². The molecule has 0 spiro atoms. The second-order valence-corrected chi connectivity index (χ2v) is 3.02. The van der Waals surface area contributed by atoms with E-state index in [1.807, 2.05) is 0 Å². The fraction of sp³-hybridized carbons (Fsp3) is 0.857. The summed E-state index contributed by atoms with van der Waals surface area (Å²) in [6.07, 6.45) is 1.34. The average Bonchev–Trinajstić information content (AvgIpc) is 1.94. The number of rotatable bonds is 1. The number of aliphatic carboxylic acids is 1. The summed E-state index contributed by atoms with van der Waals surface area (Å²) in [5.74, 6) is -1.45. The van der Waals surface area contributed by atoms with Gasteiger partial charge in [0.25, 0.3) is 0 Å². The third kappa shape index (κ3) is 1.70. The van der Waals surface area contributed by atoms with Gasteiger partial charge in [-0.05, 0) is 19.3 Å². The molecule has 0 heterocycles. The van der Waals surface area contributed by atoms with E-state index >= 15 is 0 Å². The summed E-state index contributed by atoms with van der Waals surface area (Å²) in [5.41, 5.74) is 5.49. The molecule has 0 aliphatic heterocycles. The van der Waals surface area contributed by atoms with Crippen molar-refractivity contribution in [3.63, 3.8) is 0 Å². The lowest BCUT2D eigenvalue weighted by atomic mass is 9.83. The lowest BCUT2D eigenvalue weighted by molar-refractivity contribution is -0.145. The Morgan fingerprint density at radius 2 is 2.09 bits per heavy atom. The highest BCUT2D eigenvalue weighted by Gasteiger charge is 2.33. The van der Waals surface area contributed by atoms with Gasteiger partial charge in [-0.2, -0.15) is 0 Å². The van der Waals surface area contributed by atoms with Gasteiger partial charge in [-0.3, -0.25) is 4.79 Å². The first-order chi connectivity index (χ1) is 5.13. The first kappa shape index (κ1) is 8.49. The van der Waals surface area contributed by atoms with E-state index in [0.717, 1.165) is 6.42 Å². The van der Waals surface area contributed by atoms with Crippen LogP contribution in [0.3, 0.4) is 0 Å². The minimum Gasteiger partial charge on any atom is -0.481 e. The molecule has 4 heteroatoms. The van der Waals surface area contributed by atoms with Gasteiger partial charge in [-0.15, -0.1) is 0 Å². The lowest BCUT2D eigenvalue weighted by Gasteiger charge is -2.29. The number of carboxylic acid groups (broad SMARTS) is 1. The van der Waals surface area contributed by atoms with Crippen LogP contribution in [0.5, 0.6) is 0 Å². The first-order valence-electron chi connectivity index (χ1n) is 3.79. The number of carbonyl (C=O) groups is 1. The molecule has 4 nitrogen and oxygen atoms in total. The second kappa shape index (κ2) is 3.19. The fourth-order valence-corrected chi connectivity index (χ4v) is 1.49.